The largest absolute Gasteiger partial charge is 0.444 e. The minimum absolute atomic E-state index is 0.180. The number of amides is 1. The van der Waals surface area contributed by atoms with Gasteiger partial charge in [-0.05, 0) is 47.2 Å². The summed E-state index contributed by atoms with van der Waals surface area (Å²) in [6, 6.07) is 0.998. The summed E-state index contributed by atoms with van der Waals surface area (Å²) in [4.78, 5) is 16.1. The Morgan fingerprint density at radius 2 is 1.79 bits per heavy atom. The van der Waals surface area contributed by atoms with E-state index in [1.807, 2.05) is 25.7 Å². The Morgan fingerprint density at radius 1 is 1.16 bits per heavy atom. The number of ether oxygens (including phenoxy) is 1. The molecule has 0 saturated carbocycles. The molecular weight excluding hydrogens is 242 g/mol. The highest BCUT2D eigenvalue weighted by Gasteiger charge is 2.31. The molecule has 0 aromatic carbocycles. The van der Waals surface area contributed by atoms with Crippen LogP contribution in [-0.2, 0) is 4.74 Å². The van der Waals surface area contributed by atoms with Crippen LogP contribution in [-0.4, -0.2) is 66.8 Å². The van der Waals surface area contributed by atoms with Crippen molar-refractivity contribution in [3.8, 4) is 0 Å². The van der Waals surface area contributed by atoms with Crippen molar-refractivity contribution in [1.29, 1.82) is 0 Å². The molecule has 2 aliphatic heterocycles. The third-order valence-corrected chi connectivity index (χ3v) is 3.70. The molecule has 19 heavy (non-hydrogen) atoms. The number of rotatable bonds is 2. The average Bonchev–Trinajstić information content (AvgIpc) is 2.86. The van der Waals surface area contributed by atoms with Gasteiger partial charge in [0.2, 0.25) is 0 Å². The van der Waals surface area contributed by atoms with Gasteiger partial charge in [-0.25, -0.2) is 4.79 Å². The van der Waals surface area contributed by atoms with Gasteiger partial charge in [0, 0.05) is 31.7 Å². The van der Waals surface area contributed by atoms with Gasteiger partial charge >= 0.3 is 6.09 Å². The first-order valence-corrected chi connectivity index (χ1v) is 7.26. The lowest BCUT2D eigenvalue weighted by atomic mass is 10.2. The first-order valence-electron chi connectivity index (χ1n) is 7.26. The van der Waals surface area contributed by atoms with Gasteiger partial charge in [-0.3, -0.25) is 0 Å². The van der Waals surface area contributed by atoms with Gasteiger partial charge in [0.15, 0.2) is 0 Å². The molecule has 0 spiro atoms. The Balaban J connectivity index is 1.75. The van der Waals surface area contributed by atoms with E-state index in [0.29, 0.717) is 12.1 Å². The van der Waals surface area contributed by atoms with Crippen LogP contribution in [0, 0.1) is 0 Å². The van der Waals surface area contributed by atoms with Gasteiger partial charge in [0.25, 0.3) is 0 Å². The topological polar surface area (TPSA) is 44.8 Å². The van der Waals surface area contributed by atoms with E-state index in [-0.39, 0.29) is 6.09 Å². The zero-order valence-electron chi connectivity index (χ0n) is 12.6. The van der Waals surface area contributed by atoms with Crippen LogP contribution in [0.25, 0.3) is 0 Å². The van der Waals surface area contributed by atoms with Crippen LogP contribution in [0.2, 0.25) is 0 Å². The van der Waals surface area contributed by atoms with Crippen LogP contribution >= 0.6 is 0 Å². The number of hydrogen-bond donors (Lipinski definition) is 1. The maximum Gasteiger partial charge on any atom is 0.410 e. The van der Waals surface area contributed by atoms with E-state index in [9.17, 15) is 4.79 Å². The lowest BCUT2D eigenvalue weighted by Gasteiger charge is -2.25. The Kier molecular flexibility index (Phi) is 4.36. The van der Waals surface area contributed by atoms with E-state index in [1.54, 1.807) is 0 Å². The van der Waals surface area contributed by atoms with Crippen molar-refractivity contribution in [3.63, 3.8) is 0 Å². The predicted molar refractivity (Wildman–Crippen MR) is 75.2 cm³/mol. The summed E-state index contributed by atoms with van der Waals surface area (Å²) in [6.45, 7) is 9.58. The normalized spacial score (nSPS) is 28.9. The molecule has 2 rings (SSSR count). The molecule has 2 aliphatic rings. The number of nitrogens with one attached hydrogen (secondary N) is 1. The van der Waals surface area contributed by atoms with E-state index >= 15 is 0 Å². The number of likely N-dealkylation sites (tertiary alicyclic amines) is 2. The summed E-state index contributed by atoms with van der Waals surface area (Å²) in [6.07, 6.45) is 2.05. The van der Waals surface area contributed by atoms with Crippen LogP contribution in [0.1, 0.15) is 33.6 Å². The van der Waals surface area contributed by atoms with Crippen molar-refractivity contribution in [1.82, 2.24) is 15.1 Å². The average molecular weight is 269 g/mol. The third kappa shape index (κ3) is 4.35. The van der Waals surface area contributed by atoms with E-state index in [2.05, 4.69) is 17.3 Å². The molecule has 2 heterocycles. The second-order valence-electron chi connectivity index (χ2n) is 6.83. The molecule has 0 bridgehead atoms. The molecule has 2 atom stereocenters. The lowest BCUT2D eigenvalue weighted by molar-refractivity contribution is 0.0290. The molecule has 0 aromatic heterocycles. The highest BCUT2D eigenvalue weighted by Crippen LogP contribution is 2.17. The molecule has 1 amide bonds. The van der Waals surface area contributed by atoms with Crippen molar-refractivity contribution in [3.05, 3.63) is 0 Å². The Bertz CT molecular complexity index is 327. The number of hydrogen-bond acceptors (Lipinski definition) is 4. The summed E-state index contributed by atoms with van der Waals surface area (Å²) in [5, 5.41) is 3.66. The zero-order chi connectivity index (χ0) is 14.0. The van der Waals surface area contributed by atoms with Gasteiger partial charge < -0.3 is 19.9 Å². The highest BCUT2D eigenvalue weighted by atomic mass is 16.6. The predicted octanol–water partition coefficient (Wildman–Crippen LogP) is 1.29. The number of nitrogens with zero attached hydrogens (tertiary/aromatic N) is 2. The molecular formula is C14H27N3O2. The summed E-state index contributed by atoms with van der Waals surface area (Å²) < 4.78 is 5.41. The first kappa shape index (κ1) is 14.6. The SMILES string of the molecule is CN1CC[C@H](N[C@@H]2CCN(C(=O)OC(C)(C)C)C2)C1. The number of likely N-dealkylation sites (N-methyl/N-ethyl adjacent to an activating group) is 1. The molecule has 0 aromatic rings. The van der Waals surface area contributed by atoms with Gasteiger partial charge in [-0.15, -0.1) is 0 Å². The minimum atomic E-state index is -0.406. The van der Waals surface area contributed by atoms with Gasteiger partial charge in [0.05, 0.1) is 0 Å². The summed E-state index contributed by atoms with van der Waals surface area (Å²) >= 11 is 0. The summed E-state index contributed by atoms with van der Waals surface area (Å²) in [7, 11) is 2.16. The van der Waals surface area contributed by atoms with Gasteiger partial charge in [-0.1, -0.05) is 0 Å². The van der Waals surface area contributed by atoms with Crippen molar-refractivity contribution in [2.45, 2.75) is 51.3 Å². The van der Waals surface area contributed by atoms with Crippen LogP contribution in [0.5, 0.6) is 0 Å². The van der Waals surface area contributed by atoms with Crippen LogP contribution in [0.15, 0.2) is 0 Å². The second-order valence-corrected chi connectivity index (χ2v) is 6.83. The van der Waals surface area contributed by atoms with E-state index in [4.69, 9.17) is 4.74 Å². The van der Waals surface area contributed by atoms with Crippen molar-refractivity contribution < 1.29 is 9.53 Å². The van der Waals surface area contributed by atoms with Crippen molar-refractivity contribution in [2.24, 2.45) is 0 Å². The monoisotopic (exact) mass is 269 g/mol. The maximum atomic E-state index is 12.0. The summed E-state index contributed by atoms with van der Waals surface area (Å²) in [5.74, 6) is 0. The van der Waals surface area contributed by atoms with E-state index in [0.717, 1.165) is 26.1 Å². The number of carbonyl (C=O) groups is 1. The molecule has 110 valence electrons. The molecule has 5 nitrogen and oxygen atoms in total. The fraction of sp³-hybridized carbons (Fsp3) is 0.929. The highest BCUT2D eigenvalue weighted by molar-refractivity contribution is 5.68. The fourth-order valence-electron chi connectivity index (χ4n) is 2.79. The van der Waals surface area contributed by atoms with E-state index < -0.39 is 5.60 Å². The second kappa shape index (κ2) is 5.67. The fourth-order valence-corrected chi connectivity index (χ4v) is 2.79. The lowest BCUT2D eigenvalue weighted by Crippen LogP contribution is -2.42. The van der Waals surface area contributed by atoms with Crippen molar-refractivity contribution in [2.75, 3.05) is 33.2 Å². The van der Waals surface area contributed by atoms with Gasteiger partial charge in [0.1, 0.15) is 5.60 Å². The number of carbonyl (C=O) groups excluding carboxylic acids is 1. The first-order chi connectivity index (χ1) is 8.83. The summed E-state index contributed by atoms with van der Waals surface area (Å²) in [5.41, 5.74) is -0.406. The molecule has 1 N–H and O–H groups in total. The molecule has 2 fully saturated rings. The zero-order valence-corrected chi connectivity index (χ0v) is 12.6. The smallest absolute Gasteiger partial charge is 0.410 e. The molecule has 0 unspecified atom stereocenters. The van der Waals surface area contributed by atoms with Crippen LogP contribution < -0.4 is 5.32 Å². The molecule has 0 radical (unpaired) electrons. The Morgan fingerprint density at radius 3 is 2.37 bits per heavy atom. The standard InChI is InChI=1S/C14H27N3O2/c1-14(2,3)19-13(18)17-8-6-12(10-17)15-11-5-7-16(4)9-11/h11-12,15H,5-10H2,1-4H3/t11-,12+/m0/s1. The Hall–Kier alpha value is -0.810. The maximum absolute atomic E-state index is 12.0. The van der Waals surface area contributed by atoms with Crippen LogP contribution in [0.3, 0.4) is 0 Å². The quantitative estimate of drug-likeness (QED) is 0.820. The van der Waals surface area contributed by atoms with Crippen LogP contribution in [0.4, 0.5) is 4.79 Å². The molecule has 0 aliphatic carbocycles. The van der Waals surface area contributed by atoms with Gasteiger partial charge in [-0.2, -0.15) is 0 Å². The third-order valence-electron chi connectivity index (χ3n) is 3.70. The minimum Gasteiger partial charge on any atom is -0.444 e. The Labute approximate surface area is 116 Å². The molecule has 5 heteroatoms. The van der Waals surface area contributed by atoms with Crippen molar-refractivity contribution >= 4 is 6.09 Å². The molecule has 2 saturated heterocycles. The van der Waals surface area contributed by atoms with E-state index in [1.165, 1.54) is 13.0 Å².